The maximum Gasteiger partial charge on any atom is 0.246 e. The van der Waals surface area contributed by atoms with Gasteiger partial charge in [0.2, 0.25) is 11.8 Å². The molecule has 0 aromatic carbocycles. The maximum absolute atomic E-state index is 11.7. The topological polar surface area (TPSA) is 66.5 Å². The summed E-state index contributed by atoms with van der Waals surface area (Å²) in [7, 11) is 1.69. The molecular formula is C12H20N2O3. The summed E-state index contributed by atoms with van der Waals surface area (Å²) in [6.45, 7) is 2.05. The van der Waals surface area contributed by atoms with Crippen LogP contribution in [0.5, 0.6) is 0 Å². The maximum atomic E-state index is 11.7. The molecule has 17 heavy (non-hydrogen) atoms. The van der Waals surface area contributed by atoms with E-state index in [-0.39, 0.29) is 30.1 Å². The van der Waals surface area contributed by atoms with E-state index in [9.17, 15) is 14.4 Å². The smallest absolute Gasteiger partial charge is 0.246 e. The van der Waals surface area contributed by atoms with Crippen LogP contribution in [0, 0.1) is 0 Å². The lowest BCUT2D eigenvalue weighted by Crippen LogP contribution is -2.37. The second-order valence-corrected chi connectivity index (χ2v) is 4.44. The van der Waals surface area contributed by atoms with Crippen LogP contribution in [0.25, 0.3) is 0 Å². The molecule has 1 saturated heterocycles. The third-order valence-electron chi connectivity index (χ3n) is 3.00. The Morgan fingerprint density at radius 3 is 2.59 bits per heavy atom. The van der Waals surface area contributed by atoms with Crippen LogP contribution in [0.4, 0.5) is 0 Å². The zero-order valence-electron chi connectivity index (χ0n) is 10.5. The van der Waals surface area contributed by atoms with E-state index in [2.05, 4.69) is 5.32 Å². The highest BCUT2D eigenvalue weighted by molar-refractivity contribution is 6.05. The molecule has 0 spiro atoms. The quantitative estimate of drug-likeness (QED) is 0.519. The molecule has 1 unspecified atom stereocenters. The molecule has 5 nitrogen and oxygen atoms in total. The number of nitrogens with one attached hydrogen (secondary N) is 1. The molecule has 1 atom stereocenters. The number of nitrogens with zero attached hydrogens (tertiary/aromatic N) is 1. The Kier molecular flexibility index (Phi) is 5.28. The summed E-state index contributed by atoms with van der Waals surface area (Å²) in [6, 6.07) is -0.347. The lowest BCUT2D eigenvalue weighted by atomic mass is 10.1. The van der Waals surface area contributed by atoms with Gasteiger partial charge in [-0.1, -0.05) is 6.42 Å². The number of unbranched alkanes of at least 4 members (excludes halogenated alkanes) is 2. The van der Waals surface area contributed by atoms with Crippen molar-refractivity contribution in [2.24, 2.45) is 0 Å². The van der Waals surface area contributed by atoms with E-state index in [4.69, 9.17) is 0 Å². The first-order valence-electron chi connectivity index (χ1n) is 6.07. The largest absolute Gasteiger partial charge is 0.308 e. The van der Waals surface area contributed by atoms with E-state index in [1.54, 1.807) is 14.0 Å². The van der Waals surface area contributed by atoms with E-state index >= 15 is 0 Å². The number of carbonyl (C=O) groups excluding carboxylic acids is 3. The summed E-state index contributed by atoms with van der Waals surface area (Å²) < 4.78 is 0. The molecule has 0 aromatic rings. The van der Waals surface area contributed by atoms with E-state index < -0.39 is 0 Å². The van der Waals surface area contributed by atoms with Crippen molar-refractivity contribution in [2.45, 2.75) is 45.1 Å². The van der Waals surface area contributed by atoms with Gasteiger partial charge < -0.3 is 10.1 Å². The fourth-order valence-corrected chi connectivity index (χ4v) is 1.96. The molecule has 0 aromatic heterocycles. The molecule has 1 rings (SSSR count). The Morgan fingerprint density at radius 2 is 2.06 bits per heavy atom. The van der Waals surface area contributed by atoms with Crippen molar-refractivity contribution in [3.05, 3.63) is 0 Å². The van der Waals surface area contributed by atoms with Crippen molar-refractivity contribution in [1.82, 2.24) is 10.2 Å². The van der Waals surface area contributed by atoms with Crippen molar-refractivity contribution >= 4 is 17.6 Å². The van der Waals surface area contributed by atoms with Crippen molar-refractivity contribution in [1.29, 1.82) is 0 Å². The minimum absolute atomic E-state index is 0.0964. The fourth-order valence-electron chi connectivity index (χ4n) is 1.96. The highest BCUT2D eigenvalue weighted by atomic mass is 16.2. The standard InChI is InChI=1S/C12H20N2O3/c1-9(15)6-4-3-5-7-14-11(16)8-10(13-2)12(14)17/h10,13H,3-8H2,1-2H3. The van der Waals surface area contributed by atoms with Crippen LogP contribution in [0.1, 0.15) is 39.0 Å². The van der Waals surface area contributed by atoms with Gasteiger partial charge in [0.15, 0.2) is 0 Å². The Labute approximate surface area is 102 Å². The van der Waals surface area contributed by atoms with Crippen molar-refractivity contribution in [3.63, 3.8) is 0 Å². The van der Waals surface area contributed by atoms with Gasteiger partial charge in [0.25, 0.3) is 0 Å². The number of carbonyl (C=O) groups is 3. The van der Waals surface area contributed by atoms with Gasteiger partial charge in [0.1, 0.15) is 5.78 Å². The zero-order valence-corrected chi connectivity index (χ0v) is 10.5. The van der Waals surface area contributed by atoms with Gasteiger partial charge in [-0.05, 0) is 26.8 Å². The van der Waals surface area contributed by atoms with Crippen LogP contribution in [0.2, 0.25) is 0 Å². The Hall–Kier alpha value is -1.23. The van der Waals surface area contributed by atoms with Gasteiger partial charge in [-0.2, -0.15) is 0 Å². The van der Waals surface area contributed by atoms with Crippen LogP contribution in [0.3, 0.4) is 0 Å². The van der Waals surface area contributed by atoms with E-state index in [1.807, 2.05) is 0 Å². The summed E-state index contributed by atoms with van der Waals surface area (Å²) in [5, 5.41) is 2.83. The van der Waals surface area contributed by atoms with Crippen LogP contribution in [-0.4, -0.2) is 42.1 Å². The van der Waals surface area contributed by atoms with Crippen LogP contribution in [-0.2, 0) is 14.4 Å². The first-order chi connectivity index (χ1) is 8.06. The SMILES string of the molecule is CNC1CC(=O)N(CCCCCC(C)=O)C1=O. The molecule has 5 heteroatoms. The molecule has 0 bridgehead atoms. The number of hydrogen-bond acceptors (Lipinski definition) is 4. The molecule has 1 aliphatic heterocycles. The third kappa shape index (κ3) is 3.93. The summed E-state index contributed by atoms with van der Waals surface area (Å²) >= 11 is 0. The molecule has 0 saturated carbocycles. The molecule has 0 aliphatic carbocycles. The van der Waals surface area contributed by atoms with Gasteiger partial charge in [0, 0.05) is 13.0 Å². The summed E-state index contributed by atoms with van der Waals surface area (Å²) in [4.78, 5) is 35.3. The Bertz CT molecular complexity index is 315. The van der Waals surface area contributed by atoms with E-state index in [1.165, 1.54) is 4.90 Å². The molecule has 1 heterocycles. The minimum Gasteiger partial charge on any atom is -0.308 e. The van der Waals surface area contributed by atoms with Gasteiger partial charge in [-0.3, -0.25) is 14.5 Å². The van der Waals surface area contributed by atoms with Crippen LogP contribution >= 0.6 is 0 Å². The van der Waals surface area contributed by atoms with Crippen molar-refractivity contribution < 1.29 is 14.4 Å². The predicted molar refractivity (Wildman–Crippen MR) is 63.3 cm³/mol. The number of likely N-dealkylation sites (N-methyl/N-ethyl adjacent to an activating group) is 1. The Balaban J connectivity index is 2.25. The summed E-state index contributed by atoms with van der Waals surface area (Å²) in [5.74, 6) is -0.0291. The number of rotatable bonds is 7. The number of ketones is 1. The van der Waals surface area contributed by atoms with Crippen LogP contribution in [0.15, 0.2) is 0 Å². The molecule has 1 N–H and O–H groups in total. The number of imide groups is 1. The van der Waals surface area contributed by atoms with E-state index in [0.717, 1.165) is 19.3 Å². The normalized spacial score (nSPS) is 20.1. The fraction of sp³-hybridized carbons (Fsp3) is 0.750. The number of hydrogen-bond donors (Lipinski definition) is 1. The molecular weight excluding hydrogens is 220 g/mol. The van der Waals surface area contributed by atoms with E-state index in [0.29, 0.717) is 13.0 Å². The predicted octanol–water partition coefficient (Wildman–Crippen LogP) is 0.483. The lowest BCUT2D eigenvalue weighted by Gasteiger charge is -2.14. The van der Waals surface area contributed by atoms with Gasteiger partial charge in [-0.25, -0.2) is 0 Å². The highest BCUT2D eigenvalue weighted by Gasteiger charge is 2.36. The first kappa shape index (κ1) is 13.8. The van der Waals surface area contributed by atoms with Gasteiger partial charge in [-0.15, -0.1) is 0 Å². The average Bonchev–Trinajstić information content (AvgIpc) is 2.54. The summed E-state index contributed by atoms with van der Waals surface area (Å²) in [5.41, 5.74) is 0. The number of likely N-dealkylation sites (tertiary alicyclic amines) is 1. The molecule has 1 fully saturated rings. The molecule has 1 aliphatic rings. The monoisotopic (exact) mass is 240 g/mol. The van der Waals surface area contributed by atoms with Gasteiger partial charge >= 0.3 is 0 Å². The zero-order chi connectivity index (χ0) is 12.8. The first-order valence-corrected chi connectivity index (χ1v) is 6.07. The van der Waals surface area contributed by atoms with Crippen molar-refractivity contribution in [3.8, 4) is 0 Å². The number of Topliss-reactive ketones (excluding diaryl/α,β-unsaturated/α-hetero) is 1. The van der Waals surface area contributed by atoms with Gasteiger partial charge in [0.05, 0.1) is 12.5 Å². The Morgan fingerprint density at radius 1 is 1.35 bits per heavy atom. The molecule has 96 valence electrons. The molecule has 0 radical (unpaired) electrons. The highest BCUT2D eigenvalue weighted by Crippen LogP contribution is 2.14. The third-order valence-corrected chi connectivity index (χ3v) is 3.00. The lowest BCUT2D eigenvalue weighted by molar-refractivity contribution is -0.139. The number of amides is 2. The minimum atomic E-state index is -0.347. The summed E-state index contributed by atoms with van der Waals surface area (Å²) in [6.07, 6.45) is 3.34. The second-order valence-electron chi connectivity index (χ2n) is 4.44. The van der Waals surface area contributed by atoms with Crippen molar-refractivity contribution in [2.75, 3.05) is 13.6 Å². The molecule has 2 amide bonds. The second kappa shape index (κ2) is 6.49. The van der Waals surface area contributed by atoms with Crippen LogP contribution < -0.4 is 5.32 Å². The average molecular weight is 240 g/mol.